The molecule has 2 aliphatic rings. The number of carbonyl (C=O) groups excluding carboxylic acids is 3. The van der Waals surface area contributed by atoms with Gasteiger partial charge in [0.25, 0.3) is 11.8 Å². The first-order valence-electron chi connectivity index (χ1n) is 16.1. The zero-order valence-electron chi connectivity index (χ0n) is 26.5. The minimum atomic E-state index is -4.66. The second-order valence-electron chi connectivity index (χ2n) is 12.2. The van der Waals surface area contributed by atoms with Crippen molar-refractivity contribution in [2.75, 3.05) is 44.2 Å². The van der Waals surface area contributed by atoms with Crippen LogP contribution in [0.3, 0.4) is 0 Å². The molecule has 49 heavy (non-hydrogen) atoms. The van der Waals surface area contributed by atoms with Crippen LogP contribution in [0.25, 0.3) is 11.0 Å². The van der Waals surface area contributed by atoms with Crippen molar-refractivity contribution in [3.63, 3.8) is 0 Å². The number of carbonyl (C=O) groups is 3. The number of nitrogens with zero attached hydrogens (tertiary/aromatic N) is 3. The third-order valence-corrected chi connectivity index (χ3v) is 9.20. The van der Waals surface area contributed by atoms with E-state index in [4.69, 9.17) is 16.0 Å². The van der Waals surface area contributed by atoms with E-state index in [1.54, 1.807) is 29.2 Å². The van der Waals surface area contributed by atoms with Crippen molar-refractivity contribution in [2.24, 2.45) is 0 Å². The summed E-state index contributed by atoms with van der Waals surface area (Å²) in [5.41, 5.74) is 0.116. The van der Waals surface area contributed by atoms with Crippen LogP contribution in [0.4, 0.5) is 18.9 Å². The summed E-state index contributed by atoms with van der Waals surface area (Å²) in [6, 6.07) is 16.5. The maximum Gasteiger partial charge on any atom is 0.416 e. The molecule has 0 saturated carbocycles. The number of piperazine rings is 1. The highest BCUT2D eigenvalue weighted by Crippen LogP contribution is 2.31. The summed E-state index contributed by atoms with van der Waals surface area (Å²) < 4.78 is 45.1. The normalized spacial score (nSPS) is 16.0. The molecule has 9 nitrogen and oxygen atoms in total. The Bertz CT molecular complexity index is 1920. The van der Waals surface area contributed by atoms with E-state index in [1.165, 1.54) is 0 Å². The molecular formula is C36H34ClF3N4O5. The average Bonchev–Trinajstić information content (AvgIpc) is 3.11. The van der Waals surface area contributed by atoms with Crippen LogP contribution in [0.5, 0.6) is 0 Å². The number of amides is 3. The van der Waals surface area contributed by atoms with Crippen LogP contribution in [0.2, 0.25) is 5.02 Å². The van der Waals surface area contributed by atoms with E-state index in [1.807, 2.05) is 29.2 Å². The molecule has 0 bridgehead atoms. The number of alkyl halides is 3. The highest BCUT2D eigenvalue weighted by atomic mass is 35.5. The maximum absolute atomic E-state index is 14.0. The Morgan fingerprint density at radius 3 is 2.22 bits per heavy atom. The molecule has 13 heteroatoms. The van der Waals surface area contributed by atoms with E-state index in [0.29, 0.717) is 48.4 Å². The Morgan fingerprint density at radius 2 is 1.53 bits per heavy atom. The Balaban J connectivity index is 1.19. The van der Waals surface area contributed by atoms with Crippen molar-refractivity contribution in [3.8, 4) is 0 Å². The highest BCUT2D eigenvalue weighted by molar-refractivity contribution is 6.30. The van der Waals surface area contributed by atoms with E-state index in [-0.39, 0.29) is 29.2 Å². The van der Waals surface area contributed by atoms with E-state index in [2.05, 4.69) is 10.2 Å². The van der Waals surface area contributed by atoms with Crippen molar-refractivity contribution < 1.29 is 32.0 Å². The molecule has 0 unspecified atom stereocenters. The lowest BCUT2D eigenvalue weighted by atomic mass is 10.0. The number of fused-ring (bicyclic) bond motifs is 1. The second kappa shape index (κ2) is 14.3. The van der Waals surface area contributed by atoms with Gasteiger partial charge in [0.2, 0.25) is 5.91 Å². The number of hydrogen-bond donors (Lipinski definition) is 1. The summed E-state index contributed by atoms with van der Waals surface area (Å²) in [6.07, 6.45) is -1.48. The fourth-order valence-corrected chi connectivity index (χ4v) is 6.44. The lowest BCUT2D eigenvalue weighted by Gasteiger charge is -2.38. The van der Waals surface area contributed by atoms with Gasteiger partial charge in [0, 0.05) is 62.5 Å². The Labute approximate surface area is 285 Å². The first-order valence-corrected chi connectivity index (χ1v) is 16.5. The molecule has 1 atom stereocenters. The van der Waals surface area contributed by atoms with Gasteiger partial charge < -0.3 is 24.4 Å². The minimum absolute atomic E-state index is 0.000630. The first kappa shape index (κ1) is 34.0. The number of benzene rings is 3. The van der Waals surface area contributed by atoms with E-state index in [0.717, 1.165) is 56.2 Å². The Kier molecular flexibility index (Phi) is 9.96. The number of rotatable bonds is 7. The van der Waals surface area contributed by atoms with Gasteiger partial charge in [-0.2, -0.15) is 13.2 Å². The van der Waals surface area contributed by atoms with Crippen LogP contribution in [0.1, 0.15) is 51.3 Å². The van der Waals surface area contributed by atoms with Gasteiger partial charge in [-0.25, -0.2) is 0 Å². The van der Waals surface area contributed by atoms with Gasteiger partial charge in [-0.3, -0.25) is 19.2 Å². The van der Waals surface area contributed by atoms with Crippen LogP contribution in [0, 0.1) is 0 Å². The molecule has 6 rings (SSSR count). The van der Waals surface area contributed by atoms with Gasteiger partial charge in [-0.15, -0.1) is 0 Å². The molecule has 0 spiro atoms. The highest BCUT2D eigenvalue weighted by Gasteiger charge is 2.33. The third kappa shape index (κ3) is 7.75. The number of halogens is 4. The van der Waals surface area contributed by atoms with Crippen molar-refractivity contribution in [3.05, 3.63) is 110 Å². The molecule has 3 heterocycles. The number of para-hydroxylation sites is 1. The predicted octanol–water partition coefficient (Wildman–Crippen LogP) is 5.78. The van der Waals surface area contributed by atoms with Gasteiger partial charge >= 0.3 is 6.18 Å². The van der Waals surface area contributed by atoms with Crippen molar-refractivity contribution >= 4 is 46.0 Å². The summed E-state index contributed by atoms with van der Waals surface area (Å²) in [7, 11) is 0. The van der Waals surface area contributed by atoms with Crippen molar-refractivity contribution in [2.45, 2.75) is 37.9 Å². The Morgan fingerprint density at radius 1 is 0.837 bits per heavy atom. The monoisotopic (exact) mass is 694 g/mol. The number of nitrogens with one attached hydrogen (secondary N) is 1. The summed E-state index contributed by atoms with van der Waals surface area (Å²) in [5, 5.41) is 2.86. The zero-order chi connectivity index (χ0) is 34.7. The molecule has 3 amide bonds. The molecule has 2 aliphatic heterocycles. The molecule has 3 aromatic carbocycles. The van der Waals surface area contributed by atoms with Gasteiger partial charge in [-0.1, -0.05) is 35.9 Å². The molecule has 1 aromatic heterocycles. The van der Waals surface area contributed by atoms with Crippen LogP contribution in [-0.4, -0.2) is 72.8 Å². The Hall–Kier alpha value is -4.84. The van der Waals surface area contributed by atoms with Gasteiger partial charge in [0.15, 0.2) is 11.2 Å². The summed E-state index contributed by atoms with van der Waals surface area (Å²) in [6.45, 7) is 3.03. The van der Waals surface area contributed by atoms with Crippen LogP contribution >= 0.6 is 11.6 Å². The lowest BCUT2D eigenvalue weighted by Crippen LogP contribution is -2.56. The van der Waals surface area contributed by atoms with E-state index >= 15 is 0 Å². The molecule has 1 N–H and O–H groups in total. The van der Waals surface area contributed by atoms with Crippen LogP contribution < -0.4 is 15.6 Å². The number of likely N-dealkylation sites (tertiary alicyclic amines) is 1. The molecule has 2 fully saturated rings. The number of piperidine rings is 1. The van der Waals surface area contributed by atoms with Gasteiger partial charge in [-0.05, 0) is 67.3 Å². The van der Waals surface area contributed by atoms with E-state index < -0.39 is 34.9 Å². The maximum atomic E-state index is 14.0. The topological polar surface area (TPSA) is 103 Å². The number of hydrogen-bond acceptors (Lipinski definition) is 6. The number of anilines is 1. The van der Waals surface area contributed by atoms with E-state index in [9.17, 15) is 32.3 Å². The summed E-state index contributed by atoms with van der Waals surface area (Å²) in [5.74, 6) is -1.67. The van der Waals surface area contributed by atoms with Crippen LogP contribution in [0.15, 0.2) is 82.0 Å². The first-order chi connectivity index (χ1) is 23.5. The summed E-state index contributed by atoms with van der Waals surface area (Å²) >= 11 is 6.06. The zero-order valence-corrected chi connectivity index (χ0v) is 27.2. The van der Waals surface area contributed by atoms with Crippen LogP contribution in [-0.2, 0) is 17.4 Å². The molecule has 4 aromatic rings. The molecule has 256 valence electrons. The predicted molar refractivity (Wildman–Crippen MR) is 179 cm³/mol. The molecule has 0 aliphatic carbocycles. The lowest BCUT2D eigenvalue weighted by molar-refractivity contribution is -0.137. The average molecular weight is 695 g/mol. The smallest absolute Gasteiger partial charge is 0.416 e. The standard InChI is InChI=1S/C36H34ClF3N4O5/c37-25-11-8-23(9-12-25)20-28(41-33(46)32-22-30(45)27-21-24(36(38,39)40)10-13-31(27)49-32)35(48)44-18-16-42(17-19-44)29-7-3-2-6-26(29)34(47)43-14-4-1-5-15-43/h2-3,6-13,21-22,28H,1,4-5,14-20H2,(H,41,46)/t28-/m1/s1. The van der Waals surface area contributed by atoms with Gasteiger partial charge in [0.05, 0.1) is 16.5 Å². The quantitative estimate of drug-likeness (QED) is 0.263. The largest absolute Gasteiger partial charge is 0.451 e. The molecule has 2 saturated heterocycles. The molecular weight excluding hydrogens is 661 g/mol. The van der Waals surface area contributed by atoms with Gasteiger partial charge in [0.1, 0.15) is 11.6 Å². The fourth-order valence-electron chi connectivity index (χ4n) is 6.32. The SMILES string of the molecule is O=C(N[C@H](Cc1ccc(Cl)cc1)C(=O)N1CCN(c2ccccc2C(=O)N2CCCCC2)CC1)c1cc(=O)c2cc(C(F)(F)F)ccc2o1. The fraction of sp³-hybridized carbons (Fsp3) is 0.333. The van der Waals surface area contributed by atoms with Crippen molar-refractivity contribution in [1.82, 2.24) is 15.1 Å². The van der Waals surface area contributed by atoms with Crippen molar-refractivity contribution in [1.29, 1.82) is 0 Å². The second-order valence-corrected chi connectivity index (χ2v) is 12.7. The summed E-state index contributed by atoms with van der Waals surface area (Å²) in [4.78, 5) is 59.2. The molecule has 0 radical (unpaired) electrons. The minimum Gasteiger partial charge on any atom is -0.451 e. The third-order valence-electron chi connectivity index (χ3n) is 8.94.